The number of H-pyrrole nitrogens is 1. The number of nitrogens with zero attached hydrogens (tertiary/aromatic N) is 1. The molecular weight excluding hydrogens is 363 g/mol. The SMILES string of the molecule is CCCCCCCCCCCC[n+]1ccccc1.[Cl-].[Cl-].c1cc[nH+]cc1. The smallest absolute Gasteiger partial charge is 0.168 e. The Hall–Kier alpha value is -1.12. The molecule has 0 bridgehead atoms. The number of aromatic nitrogens is 2. The third kappa shape index (κ3) is 17.7. The third-order valence-corrected chi connectivity index (χ3v) is 4.15. The normalized spacial score (nSPS) is 9.27. The summed E-state index contributed by atoms with van der Waals surface area (Å²) in [4.78, 5) is 2.89. The minimum absolute atomic E-state index is 0. The van der Waals surface area contributed by atoms with Gasteiger partial charge in [0, 0.05) is 30.7 Å². The first kappa shape index (κ1) is 27.1. The van der Waals surface area contributed by atoms with Crippen molar-refractivity contribution in [2.75, 3.05) is 0 Å². The van der Waals surface area contributed by atoms with Crippen LogP contribution in [0.2, 0.25) is 0 Å². The molecule has 1 N–H and O–H groups in total. The highest BCUT2D eigenvalue weighted by molar-refractivity contribution is 4.83. The van der Waals surface area contributed by atoms with Crippen molar-refractivity contribution >= 4 is 0 Å². The molecule has 0 radical (unpaired) electrons. The molecule has 0 fully saturated rings. The molecule has 26 heavy (non-hydrogen) atoms. The maximum Gasteiger partial charge on any atom is 0.168 e. The van der Waals surface area contributed by atoms with Crippen LogP contribution >= 0.6 is 0 Å². The van der Waals surface area contributed by atoms with Crippen LogP contribution in [-0.2, 0) is 6.54 Å². The molecular formula is C22H36Cl2N2. The van der Waals surface area contributed by atoms with E-state index in [4.69, 9.17) is 0 Å². The summed E-state index contributed by atoms with van der Waals surface area (Å²) in [7, 11) is 0. The van der Waals surface area contributed by atoms with E-state index in [9.17, 15) is 0 Å². The summed E-state index contributed by atoms with van der Waals surface area (Å²) < 4.78 is 2.28. The van der Waals surface area contributed by atoms with Crippen LogP contribution in [0.1, 0.15) is 71.1 Å². The molecule has 148 valence electrons. The van der Waals surface area contributed by atoms with Crippen LogP contribution in [-0.4, -0.2) is 0 Å². The quantitative estimate of drug-likeness (QED) is 0.355. The van der Waals surface area contributed by atoms with Crippen LogP contribution in [0, 0.1) is 0 Å². The first-order valence-corrected chi connectivity index (χ1v) is 9.78. The second-order valence-electron chi connectivity index (χ2n) is 6.37. The predicted octanol–water partition coefficient (Wildman–Crippen LogP) is -0.596. The summed E-state index contributed by atoms with van der Waals surface area (Å²) in [6.07, 6.45) is 22.2. The molecule has 0 spiro atoms. The van der Waals surface area contributed by atoms with Gasteiger partial charge in [0.25, 0.3) is 0 Å². The average Bonchev–Trinajstić information content (AvgIpc) is 2.66. The minimum Gasteiger partial charge on any atom is -1.00 e. The van der Waals surface area contributed by atoms with Crippen molar-refractivity contribution in [2.45, 2.75) is 77.7 Å². The number of aromatic amines is 1. The molecule has 2 aromatic heterocycles. The van der Waals surface area contributed by atoms with E-state index in [0.29, 0.717) is 0 Å². The fourth-order valence-corrected chi connectivity index (χ4v) is 2.71. The Labute approximate surface area is 173 Å². The summed E-state index contributed by atoms with van der Waals surface area (Å²) in [5.74, 6) is 0. The van der Waals surface area contributed by atoms with E-state index < -0.39 is 0 Å². The van der Waals surface area contributed by atoms with Gasteiger partial charge in [0.05, 0.1) is 0 Å². The lowest BCUT2D eigenvalue weighted by atomic mass is 10.1. The van der Waals surface area contributed by atoms with Crippen LogP contribution < -0.4 is 34.4 Å². The van der Waals surface area contributed by atoms with Gasteiger partial charge >= 0.3 is 0 Å². The van der Waals surface area contributed by atoms with Crippen molar-refractivity contribution in [1.82, 2.24) is 0 Å². The molecule has 0 amide bonds. The largest absolute Gasteiger partial charge is 1.00 e. The van der Waals surface area contributed by atoms with Crippen molar-refractivity contribution < 1.29 is 34.4 Å². The topological polar surface area (TPSA) is 18.0 Å². The average molecular weight is 399 g/mol. The zero-order valence-electron chi connectivity index (χ0n) is 16.3. The van der Waals surface area contributed by atoms with Gasteiger partial charge in [-0.05, 0) is 6.42 Å². The molecule has 2 rings (SSSR count). The predicted molar refractivity (Wildman–Crippen MR) is 101 cm³/mol. The molecule has 0 unspecified atom stereocenters. The fraction of sp³-hybridized carbons (Fsp3) is 0.545. The van der Waals surface area contributed by atoms with E-state index in [2.05, 4.69) is 47.1 Å². The lowest BCUT2D eigenvalue weighted by Crippen LogP contribution is -3.00. The highest BCUT2D eigenvalue weighted by Gasteiger charge is 1.97. The highest BCUT2D eigenvalue weighted by atomic mass is 35.5. The maximum atomic E-state index is 2.89. The van der Waals surface area contributed by atoms with E-state index in [1.807, 2.05) is 30.6 Å². The van der Waals surface area contributed by atoms with Gasteiger partial charge in [-0.3, -0.25) is 0 Å². The molecule has 0 atom stereocenters. The van der Waals surface area contributed by atoms with Crippen LogP contribution in [0.15, 0.2) is 61.2 Å². The number of halogens is 2. The molecule has 0 aliphatic rings. The number of nitrogens with one attached hydrogen (secondary N) is 1. The number of rotatable bonds is 11. The van der Waals surface area contributed by atoms with Gasteiger partial charge in [-0.2, -0.15) is 0 Å². The molecule has 0 aliphatic heterocycles. The maximum absolute atomic E-state index is 2.89. The van der Waals surface area contributed by atoms with Crippen molar-refractivity contribution in [3.05, 3.63) is 61.2 Å². The Morgan fingerprint density at radius 2 is 1.04 bits per heavy atom. The summed E-state index contributed by atoms with van der Waals surface area (Å²) in [5, 5.41) is 0. The second-order valence-corrected chi connectivity index (χ2v) is 6.37. The lowest BCUT2D eigenvalue weighted by molar-refractivity contribution is -0.697. The Kier molecular flexibility index (Phi) is 22.9. The van der Waals surface area contributed by atoms with Gasteiger partial charge in [-0.15, -0.1) is 0 Å². The number of aryl methyl sites for hydroxylation is 1. The molecule has 0 saturated heterocycles. The van der Waals surface area contributed by atoms with Crippen molar-refractivity contribution in [3.8, 4) is 0 Å². The molecule has 2 heterocycles. The first-order valence-electron chi connectivity index (χ1n) is 9.78. The molecule has 0 aromatic carbocycles. The number of hydrogen-bond donors (Lipinski definition) is 0. The standard InChI is InChI=1S/C17H30N.C5H5N.2ClH/c1-2-3-4-5-6-7-8-9-10-12-15-18-16-13-11-14-17-18;1-2-4-6-5-3-1;;/h11,13-14,16-17H,2-10,12,15H2,1H3;1-5H;2*1H/q+1;;;/p-1. The summed E-state index contributed by atoms with van der Waals surface area (Å²) in [5.41, 5.74) is 0. The molecule has 2 aromatic rings. The Bertz CT molecular complexity index is 439. The molecule has 4 heteroatoms. The van der Waals surface area contributed by atoms with Crippen LogP contribution in [0.3, 0.4) is 0 Å². The summed E-state index contributed by atoms with van der Waals surface area (Å²) in [6.45, 7) is 3.46. The Morgan fingerprint density at radius 3 is 1.46 bits per heavy atom. The monoisotopic (exact) mass is 398 g/mol. The van der Waals surface area contributed by atoms with E-state index in [1.165, 1.54) is 70.8 Å². The van der Waals surface area contributed by atoms with Crippen molar-refractivity contribution in [1.29, 1.82) is 0 Å². The van der Waals surface area contributed by atoms with E-state index in [1.54, 1.807) is 0 Å². The Morgan fingerprint density at radius 1 is 0.577 bits per heavy atom. The zero-order valence-corrected chi connectivity index (χ0v) is 17.8. The van der Waals surface area contributed by atoms with Gasteiger partial charge < -0.3 is 24.8 Å². The van der Waals surface area contributed by atoms with Gasteiger partial charge in [0.15, 0.2) is 24.8 Å². The van der Waals surface area contributed by atoms with Crippen molar-refractivity contribution in [3.63, 3.8) is 0 Å². The van der Waals surface area contributed by atoms with Crippen LogP contribution in [0.5, 0.6) is 0 Å². The van der Waals surface area contributed by atoms with Crippen LogP contribution in [0.25, 0.3) is 0 Å². The second kappa shape index (κ2) is 21.9. The first-order chi connectivity index (χ1) is 11.9. The number of unbranched alkanes of at least 4 members (excludes halogenated alkanes) is 9. The van der Waals surface area contributed by atoms with Gasteiger partial charge in [-0.1, -0.05) is 70.4 Å². The molecule has 0 saturated carbocycles. The summed E-state index contributed by atoms with van der Waals surface area (Å²) in [6, 6.07) is 12.2. The van der Waals surface area contributed by atoms with Crippen LogP contribution in [0.4, 0.5) is 0 Å². The van der Waals surface area contributed by atoms with E-state index in [0.717, 1.165) is 0 Å². The number of hydrogen-bond acceptors (Lipinski definition) is 0. The Balaban J connectivity index is 0. The molecule has 0 aliphatic carbocycles. The van der Waals surface area contributed by atoms with Crippen molar-refractivity contribution in [2.24, 2.45) is 0 Å². The zero-order chi connectivity index (χ0) is 17.1. The van der Waals surface area contributed by atoms with Gasteiger partial charge in [-0.25, -0.2) is 9.55 Å². The number of pyridine rings is 2. The fourth-order valence-electron chi connectivity index (χ4n) is 2.71. The summed E-state index contributed by atoms with van der Waals surface area (Å²) >= 11 is 0. The minimum atomic E-state index is 0. The third-order valence-electron chi connectivity index (χ3n) is 4.15. The molecule has 2 nitrogen and oxygen atoms in total. The van der Waals surface area contributed by atoms with Gasteiger partial charge in [0.2, 0.25) is 0 Å². The highest BCUT2D eigenvalue weighted by Crippen LogP contribution is 2.10. The van der Waals surface area contributed by atoms with E-state index in [-0.39, 0.29) is 24.8 Å². The van der Waals surface area contributed by atoms with E-state index >= 15 is 0 Å². The lowest BCUT2D eigenvalue weighted by Gasteiger charge is -2.01. The van der Waals surface area contributed by atoms with Gasteiger partial charge in [0.1, 0.15) is 6.54 Å².